The Morgan fingerprint density at radius 1 is 1.16 bits per heavy atom. The highest BCUT2D eigenvalue weighted by molar-refractivity contribution is 5.92. The van der Waals surface area contributed by atoms with Gasteiger partial charge in [0, 0.05) is 19.7 Å². The van der Waals surface area contributed by atoms with Crippen molar-refractivity contribution >= 4 is 11.8 Å². The third kappa shape index (κ3) is 4.95. The van der Waals surface area contributed by atoms with Crippen LogP contribution in [0, 0.1) is 11.8 Å². The van der Waals surface area contributed by atoms with Gasteiger partial charge in [-0.1, -0.05) is 12.1 Å². The number of rotatable bonds is 8. The maximum Gasteiger partial charge on any atom is 0.224 e. The van der Waals surface area contributed by atoms with E-state index in [1.807, 2.05) is 24.3 Å². The molecule has 1 saturated heterocycles. The molecule has 0 aromatic heterocycles. The van der Waals surface area contributed by atoms with Crippen molar-refractivity contribution in [2.75, 3.05) is 26.8 Å². The van der Waals surface area contributed by atoms with Gasteiger partial charge in [-0.05, 0) is 43.4 Å². The van der Waals surface area contributed by atoms with Crippen LogP contribution in [0.2, 0.25) is 0 Å². The van der Waals surface area contributed by atoms with Gasteiger partial charge in [-0.25, -0.2) is 0 Å². The van der Waals surface area contributed by atoms with Crippen molar-refractivity contribution in [3.05, 3.63) is 29.8 Å². The van der Waals surface area contributed by atoms with Crippen LogP contribution in [-0.2, 0) is 20.7 Å². The van der Waals surface area contributed by atoms with Crippen molar-refractivity contribution in [2.45, 2.75) is 31.8 Å². The van der Waals surface area contributed by atoms with Crippen molar-refractivity contribution < 1.29 is 19.1 Å². The standard InChI is InChI=1S/C19H26N2O4/c1-24-14-6-4-13(5-7-14)8-9-20-18(22)16-11-17(16)19(23)21-12-15-3-2-10-25-15/h4-7,15-17H,2-3,8-12H2,1H3,(H,20,22)(H,21,23). The zero-order chi connectivity index (χ0) is 17.6. The first-order chi connectivity index (χ1) is 12.2. The number of methoxy groups -OCH3 is 1. The smallest absolute Gasteiger partial charge is 0.224 e. The van der Waals surface area contributed by atoms with E-state index >= 15 is 0 Å². The van der Waals surface area contributed by atoms with Crippen LogP contribution in [0.15, 0.2) is 24.3 Å². The summed E-state index contributed by atoms with van der Waals surface area (Å²) < 4.78 is 10.6. The van der Waals surface area contributed by atoms with Crippen molar-refractivity contribution in [1.82, 2.24) is 10.6 Å². The fourth-order valence-corrected chi connectivity index (χ4v) is 3.18. The van der Waals surface area contributed by atoms with Gasteiger partial charge in [0.1, 0.15) is 5.75 Å². The van der Waals surface area contributed by atoms with Crippen molar-refractivity contribution in [3.8, 4) is 5.75 Å². The van der Waals surface area contributed by atoms with Gasteiger partial charge in [-0.2, -0.15) is 0 Å². The molecule has 3 atom stereocenters. The van der Waals surface area contributed by atoms with E-state index in [0.717, 1.165) is 37.2 Å². The minimum atomic E-state index is -0.180. The third-order valence-electron chi connectivity index (χ3n) is 4.86. The minimum absolute atomic E-state index is 0.0224. The van der Waals surface area contributed by atoms with E-state index in [4.69, 9.17) is 9.47 Å². The van der Waals surface area contributed by atoms with Gasteiger partial charge in [0.25, 0.3) is 0 Å². The van der Waals surface area contributed by atoms with Gasteiger partial charge in [-0.3, -0.25) is 9.59 Å². The molecule has 1 aromatic rings. The summed E-state index contributed by atoms with van der Waals surface area (Å²) in [6, 6.07) is 7.80. The van der Waals surface area contributed by atoms with Gasteiger partial charge >= 0.3 is 0 Å². The van der Waals surface area contributed by atoms with Gasteiger partial charge in [0.2, 0.25) is 11.8 Å². The predicted molar refractivity (Wildman–Crippen MR) is 93.3 cm³/mol. The quantitative estimate of drug-likeness (QED) is 0.744. The van der Waals surface area contributed by atoms with Crippen molar-refractivity contribution in [3.63, 3.8) is 0 Å². The largest absolute Gasteiger partial charge is 0.497 e. The zero-order valence-electron chi connectivity index (χ0n) is 14.6. The van der Waals surface area contributed by atoms with Crippen LogP contribution in [0.5, 0.6) is 5.75 Å². The second-order valence-corrected chi connectivity index (χ2v) is 6.72. The molecule has 0 spiro atoms. The van der Waals surface area contributed by atoms with E-state index < -0.39 is 0 Å². The number of hydrogen-bond donors (Lipinski definition) is 2. The first-order valence-corrected chi connectivity index (χ1v) is 8.97. The first-order valence-electron chi connectivity index (χ1n) is 8.97. The molecule has 6 heteroatoms. The first kappa shape index (κ1) is 17.7. The molecule has 2 fully saturated rings. The molecule has 2 amide bonds. The molecule has 25 heavy (non-hydrogen) atoms. The van der Waals surface area contributed by atoms with Crippen LogP contribution in [0.3, 0.4) is 0 Å². The molecule has 2 aliphatic rings. The molecule has 1 heterocycles. The lowest BCUT2D eigenvalue weighted by Gasteiger charge is -2.10. The van der Waals surface area contributed by atoms with Crippen LogP contribution in [0.25, 0.3) is 0 Å². The maximum atomic E-state index is 12.1. The van der Waals surface area contributed by atoms with E-state index in [9.17, 15) is 9.59 Å². The Balaban J connectivity index is 1.32. The third-order valence-corrected chi connectivity index (χ3v) is 4.86. The Hall–Kier alpha value is -2.08. The molecule has 136 valence electrons. The number of nitrogens with one attached hydrogen (secondary N) is 2. The van der Waals surface area contributed by atoms with E-state index in [-0.39, 0.29) is 29.8 Å². The van der Waals surface area contributed by atoms with E-state index in [2.05, 4.69) is 10.6 Å². The topological polar surface area (TPSA) is 76.7 Å². The molecule has 1 aromatic carbocycles. The highest BCUT2D eigenvalue weighted by atomic mass is 16.5. The minimum Gasteiger partial charge on any atom is -0.497 e. The van der Waals surface area contributed by atoms with E-state index in [1.54, 1.807) is 7.11 Å². The Kier molecular flexibility index (Phi) is 5.91. The Labute approximate surface area is 148 Å². The SMILES string of the molecule is COc1ccc(CCNC(=O)C2CC2C(=O)NCC2CCCO2)cc1. The molecule has 3 rings (SSSR count). The molecule has 6 nitrogen and oxygen atoms in total. The fraction of sp³-hybridized carbons (Fsp3) is 0.579. The summed E-state index contributed by atoms with van der Waals surface area (Å²) in [6.45, 7) is 1.91. The number of amides is 2. The normalized spacial score (nSPS) is 24.6. The maximum absolute atomic E-state index is 12.1. The second-order valence-electron chi connectivity index (χ2n) is 6.72. The summed E-state index contributed by atoms with van der Waals surface area (Å²) >= 11 is 0. The van der Waals surface area contributed by atoms with Crippen molar-refractivity contribution in [2.24, 2.45) is 11.8 Å². The number of hydrogen-bond acceptors (Lipinski definition) is 4. The summed E-state index contributed by atoms with van der Waals surface area (Å²) in [6.07, 6.45) is 3.60. The highest BCUT2D eigenvalue weighted by Crippen LogP contribution is 2.38. The van der Waals surface area contributed by atoms with Gasteiger partial charge in [0.15, 0.2) is 0 Å². The van der Waals surface area contributed by atoms with Gasteiger partial charge < -0.3 is 20.1 Å². The van der Waals surface area contributed by atoms with Crippen LogP contribution in [0.4, 0.5) is 0 Å². The molecule has 1 saturated carbocycles. The lowest BCUT2D eigenvalue weighted by Crippen LogP contribution is -2.35. The highest BCUT2D eigenvalue weighted by Gasteiger charge is 2.47. The molecular formula is C19H26N2O4. The number of benzene rings is 1. The Morgan fingerprint density at radius 3 is 2.52 bits per heavy atom. The monoisotopic (exact) mass is 346 g/mol. The average Bonchev–Trinajstić information content (AvgIpc) is 3.28. The molecular weight excluding hydrogens is 320 g/mol. The molecule has 2 N–H and O–H groups in total. The van der Waals surface area contributed by atoms with E-state index in [1.165, 1.54) is 0 Å². The molecule has 3 unspecified atom stereocenters. The molecule has 1 aliphatic heterocycles. The Morgan fingerprint density at radius 2 is 1.88 bits per heavy atom. The van der Waals surface area contributed by atoms with Gasteiger partial charge in [-0.15, -0.1) is 0 Å². The summed E-state index contributed by atoms with van der Waals surface area (Å²) in [5.41, 5.74) is 1.14. The van der Waals surface area contributed by atoms with Crippen LogP contribution >= 0.6 is 0 Å². The lowest BCUT2D eigenvalue weighted by molar-refractivity contribution is -0.127. The lowest BCUT2D eigenvalue weighted by atomic mass is 10.1. The van der Waals surface area contributed by atoms with Crippen molar-refractivity contribution in [1.29, 1.82) is 0 Å². The van der Waals surface area contributed by atoms with Gasteiger partial charge in [0.05, 0.1) is 25.0 Å². The van der Waals surface area contributed by atoms with Crippen LogP contribution < -0.4 is 15.4 Å². The molecule has 1 aliphatic carbocycles. The number of carbonyl (C=O) groups is 2. The summed E-state index contributed by atoms with van der Waals surface area (Å²) in [7, 11) is 1.64. The van der Waals surface area contributed by atoms with E-state index in [0.29, 0.717) is 19.5 Å². The van der Waals surface area contributed by atoms with Crippen LogP contribution in [-0.4, -0.2) is 44.7 Å². The number of carbonyl (C=O) groups excluding carboxylic acids is 2. The average molecular weight is 346 g/mol. The predicted octanol–water partition coefficient (Wildman–Crippen LogP) is 1.29. The summed E-state index contributed by atoms with van der Waals surface area (Å²) in [5.74, 6) is 0.418. The summed E-state index contributed by atoms with van der Waals surface area (Å²) in [5, 5.41) is 5.84. The number of ether oxygens (including phenoxy) is 2. The molecule has 0 radical (unpaired) electrons. The molecule has 0 bridgehead atoms. The zero-order valence-corrected chi connectivity index (χ0v) is 14.6. The van der Waals surface area contributed by atoms with Crippen LogP contribution in [0.1, 0.15) is 24.8 Å². The second kappa shape index (κ2) is 8.34. The Bertz CT molecular complexity index is 596. The summed E-state index contributed by atoms with van der Waals surface area (Å²) in [4.78, 5) is 24.2. The fourth-order valence-electron chi connectivity index (χ4n) is 3.18.